The monoisotopic (exact) mass is 218 g/mol. The van der Waals surface area contributed by atoms with Crippen LogP contribution in [0.15, 0.2) is 29.0 Å². The average molecular weight is 218 g/mol. The van der Waals surface area contributed by atoms with Crippen molar-refractivity contribution in [1.29, 1.82) is 0 Å². The third-order valence-corrected chi connectivity index (χ3v) is 1.99. The summed E-state index contributed by atoms with van der Waals surface area (Å²) in [5.74, 6) is 1.10. The van der Waals surface area contributed by atoms with Crippen molar-refractivity contribution in [2.75, 3.05) is 0 Å². The molecule has 2 aromatic heterocycles. The Morgan fingerprint density at radius 1 is 1.44 bits per heavy atom. The molecule has 5 heteroatoms. The van der Waals surface area contributed by atoms with Gasteiger partial charge in [-0.15, -0.1) is 0 Å². The molecular weight excluding hydrogens is 204 g/mol. The number of nitrogens with zero attached hydrogens (tertiary/aromatic N) is 3. The van der Waals surface area contributed by atoms with Gasteiger partial charge in [-0.1, -0.05) is 5.16 Å². The predicted octanol–water partition coefficient (Wildman–Crippen LogP) is 1.41. The molecule has 0 atom stereocenters. The number of pyridine rings is 1. The van der Waals surface area contributed by atoms with Crippen LogP contribution in [0.3, 0.4) is 0 Å². The summed E-state index contributed by atoms with van der Waals surface area (Å²) in [6.07, 6.45) is 3.95. The molecule has 0 spiro atoms. The molecule has 2 heterocycles. The highest BCUT2D eigenvalue weighted by Crippen LogP contribution is 2.15. The lowest BCUT2D eigenvalue weighted by Crippen LogP contribution is -2.34. The zero-order valence-corrected chi connectivity index (χ0v) is 9.34. The molecule has 0 radical (unpaired) electrons. The summed E-state index contributed by atoms with van der Waals surface area (Å²) >= 11 is 0. The zero-order chi connectivity index (χ0) is 11.6. The first-order valence-electron chi connectivity index (χ1n) is 5.06. The Balaban J connectivity index is 2.21. The number of hydrogen-bond acceptors (Lipinski definition) is 5. The maximum absolute atomic E-state index is 5.88. The van der Waals surface area contributed by atoms with Crippen LogP contribution in [0.25, 0.3) is 11.4 Å². The van der Waals surface area contributed by atoms with E-state index in [0.717, 1.165) is 5.56 Å². The van der Waals surface area contributed by atoms with E-state index < -0.39 is 0 Å². The van der Waals surface area contributed by atoms with Crippen LogP contribution in [0.5, 0.6) is 0 Å². The van der Waals surface area contributed by atoms with Crippen molar-refractivity contribution in [3.63, 3.8) is 0 Å². The molecule has 2 N–H and O–H groups in total. The van der Waals surface area contributed by atoms with E-state index in [-0.39, 0.29) is 5.54 Å². The smallest absolute Gasteiger partial charge is 0.228 e. The Hall–Kier alpha value is -1.75. The Morgan fingerprint density at radius 2 is 2.25 bits per heavy atom. The largest absolute Gasteiger partial charge is 0.339 e. The van der Waals surface area contributed by atoms with E-state index in [1.807, 2.05) is 26.0 Å². The van der Waals surface area contributed by atoms with Gasteiger partial charge in [0.1, 0.15) is 0 Å². The number of hydrogen-bond donors (Lipinski definition) is 1. The summed E-state index contributed by atoms with van der Waals surface area (Å²) < 4.78 is 5.13. The second kappa shape index (κ2) is 4.02. The van der Waals surface area contributed by atoms with Crippen molar-refractivity contribution >= 4 is 0 Å². The molecule has 0 saturated heterocycles. The lowest BCUT2D eigenvalue weighted by atomic mass is 10.0. The second-order valence-electron chi connectivity index (χ2n) is 4.42. The van der Waals surface area contributed by atoms with E-state index in [4.69, 9.17) is 10.3 Å². The molecule has 5 nitrogen and oxygen atoms in total. The normalized spacial score (nSPS) is 11.7. The van der Waals surface area contributed by atoms with Crippen LogP contribution in [0.1, 0.15) is 19.7 Å². The second-order valence-corrected chi connectivity index (χ2v) is 4.42. The summed E-state index contributed by atoms with van der Waals surface area (Å²) in [7, 11) is 0. The summed E-state index contributed by atoms with van der Waals surface area (Å²) in [6.45, 7) is 3.84. The van der Waals surface area contributed by atoms with Crippen molar-refractivity contribution < 1.29 is 4.52 Å². The molecule has 0 saturated carbocycles. The minimum absolute atomic E-state index is 0.348. The first-order chi connectivity index (χ1) is 7.54. The minimum atomic E-state index is -0.348. The van der Waals surface area contributed by atoms with Gasteiger partial charge in [0.15, 0.2) is 0 Å². The van der Waals surface area contributed by atoms with Gasteiger partial charge in [-0.25, -0.2) is 0 Å². The minimum Gasteiger partial charge on any atom is -0.339 e. The quantitative estimate of drug-likeness (QED) is 0.842. The summed E-state index contributed by atoms with van der Waals surface area (Å²) in [4.78, 5) is 8.27. The topological polar surface area (TPSA) is 77.8 Å². The number of aromatic nitrogens is 3. The van der Waals surface area contributed by atoms with E-state index in [1.165, 1.54) is 0 Å². The van der Waals surface area contributed by atoms with Gasteiger partial charge in [0.2, 0.25) is 11.7 Å². The zero-order valence-electron chi connectivity index (χ0n) is 9.34. The maximum atomic E-state index is 5.88. The standard InChI is InChI=1S/C11H14N4O/c1-11(2,12)6-9-14-10(15-16-9)8-4-3-5-13-7-8/h3-5,7H,6,12H2,1-2H3. The molecule has 16 heavy (non-hydrogen) atoms. The molecule has 0 aliphatic carbocycles. The van der Waals surface area contributed by atoms with Crippen molar-refractivity contribution in [1.82, 2.24) is 15.1 Å². The summed E-state index contributed by atoms with van der Waals surface area (Å²) in [5, 5.41) is 3.89. The van der Waals surface area contributed by atoms with Crippen LogP contribution in [-0.2, 0) is 6.42 Å². The van der Waals surface area contributed by atoms with E-state index >= 15 is 0 Å². The molecule has 0 aromatic carbocycles. The van der Waals surface area contributed by atoms with E-state index in [2.05, 4.69) is 15.1 Å². The van der Waals surface area contributed by atoms with Crippen LogP contribution in [0.2, 0.25) is 0 Å². The summed E-state index contributed by atoms with van der Waals surface area (Å²) in [6, 6.07) is 3.72. The Labute approximate surface area is 93.7 Å². The van der Waals surface area contributed by atoms with Crippen molar-refractivity contribution in [2.24, 2.45) is 5.73 Å². The van der Waals surface area contributed by atoms with Crippen molar-refractivity contribution in [3.8, 4) is 11.4 Å². The van der Waals surface area contributed by atoms with E-state index in [9.17, 15) is 0 Å². The van der Waals surface area contributed by atoms with Gasteiger partial charge in [-0.3, -0.25) is 4.98 Å². The van der Waals surface area contributed by atoms with Gasteiger partial charge in [-0.05, 0) is 26.0 Å². The molecule has 0 aliphatic rings. The molecule has 0 bridgehead atoms. The highest BCUT2D eigenvalue weighted by molar-refractivity contribution is 5.51. The first kappa shape index (κ1) is 10.8. The van der Waals surface area contributed by atoms with E-state index in [1.54, 1.807) is 12.4 Å². The predicted molar refractivity (Wildman–Crippen MR) is 59.5 cm³/mol. The third kappa shape index (κ3) is 2.64. The molecule has 0 fully saturated rings. The Bertz CT molecular complexity index is 458. The van der Waals surface area contributed by atoms with Gasteiger partial charge in [0.05, 0.1) is 0 Å². The van der Waals surface area contributed by atoms with Crippen LogP contribution in [-0.4, -0.2) is 20.7 Å². The highest BCUT2D eigenvalue weighted by Gasteiger charge is 2.17. The SMILES string of the molecule is CC(C)(N)Cc1nc(-c2cccnc2)no1. The number of rotatable bonds is 3. The van der Waals surface area contributed by atoms with Crippen molar-refractivity contribution in [2.45, 2.75) is 25.8 Å². The fourth-order valence-corrected chi connectivity index (χ4v) is 1.33. The van der Waals surface area contributed by atoms with E-state index in [0.29, 0.717) is 18.1 Å². The molecule has 2 rings (SSSR count). The lowest BCUT2D eigenvalue weighted by molar-refractivity contribution is 0.348. The Morgan fingerprint density at radius 3 is 2.88 bits per heavy atom. The van der Waals surface area contributed by atoms with Crippen LogP contribution < -0.4 is 5.73 Å². The highest BCUT2D eigenvalue weighted by atomic mass is 16.5. The van der Waals surface area contributed by atoms with Gasteiger partial charge >= 0.3 is 0 Å². The van der Waals surface area contributed by atoms with Gasteiger partial charge < -0.3 is 10.3 Å². The lowest BCUT2D eigenvalue weighted by Gasteiger charge is -2.14. The molecular formula is C11H14N4O. The Kier molecular flexibility index (Phi) is 2.70. The number of nitrogens with two attached hydrogens (primary N) is 1. The van der Waals surface area contributed by atoms with Crippen molar-refractivity contribution in [3.05, 3.63) is 30.4 Å². The fraction of sp³-hybridized carbons (Fsp3) is 0.364. The third-order valence-electron chi connectivity index (χ3n) is 1.99. The van der Waals surface area contributed by atoms with Crippen LogP contribution >= 0.6 is 0 Å². The van der Waals surface area contributed by atoms with Gasteiger partial charge in [0, 0.05) is 29.9 Å². The van der Waals surface area contributed by atoms with Gasteiger partial charge in [-0.2, -0.15) is 4.98 Å². The first-order valence-corrected chi connectivity index (χ1v) is 5.06. The molecule has 2 aromatic rings. The van der Waals surface area contributed by atoms with Crippen LogP contribution in [0.4, 0.5) is 0 Å². The maximum Gasteiger partial charge on any atom is 0.228 e. The molecule has 0 unspecified atom stereocenters. The van der Waals surface area contributed by atoms with Crippen LogP contribution in [0, 0.1) is 0 Å². The average Bonchev–Trinajstić information content (AvgIpc) is 2.65. The molecule has 84 valence electrons. The molecule has 0 aliphatic heterocycles. The molecule has 0 amide bonds. The fourth-order valence-electron chi connectivity index (χ4n) is 1.33. The van der Waals surface area contributed by atoms with Gasteiger partial charge in [0.25, 0.3) is 0 Å². The summed E-state index contributed by atoms with van der Waals surface area (Å²) in [5.41, 5.74) is 6.37.